The third kappa shape index (κ3) is 3.25. The molecule has 0 spiro atoms. The van der Waals surface area contributed by atoms with Crippen molar-refractivity contribution in [2.45, 2.75) is 11.8 Å². The minimum atomic E-state index is -3.55. The molecule has 20 heavy (non-hydrogen) atoms. The second-order valence-corrected chi connectivity index (χ2v) is 11.1. The Morgan fingerprint density at radius 3 is 2.00 bits per heavy atom. The molecule has 1 saturated heterocycles. The number of rotatable bonds is 3. The highest BCUT2D eigenvalue weighted by Crippen LogP contribution is 2.31. The van der Waals surface area contributed by atoms with E-state index >= 15 is 0 Å². The van der Waals surface area contributed by atoms with Gasteiger partial charge in [0.05, 0.1) is 14.9 Å². The highest BCUT2D eigenvalue weighted by atomic mass is 79.9. The maximum Gasteiger partial charge on any atom is 0.244 e. The molecule has 1 aromatic rings. The molecule has 0 saturated carbocycles. The van der Waals surface area contributed by atoms with Crippen LogP contribution in [-0.4, -0.2) is 57.9 Å². The third-order valence-corrected chi connectivity index (χ3v) is 8.14. The van der Waals surface area contributed by atoms with Crippen molar-refractivity contribution in [3.8, 4) is 0 Å². The number of aryl methyl sites for hydroxylation is 1. The van der Waals surface area contributed by atoms with Crippen LogP contribution in [0.3, 0.4) is 0 Å². The molecular formula is C10H15BrN2O4S3. The van der Waals surface area contributed by atoms with Gasteiger partial charge in [-0.05, 0) is 28.9 Å². The zero-order chi connectivity index (χ0) is 15.1. The van der Waals surface area contributed by atoms with Crippen molar-refractivity contribution in [2.24, 2.45) is 0 Å². The summed E-state index contributed by atoms with van der Waals surface area (Å²) in [6, 6.07) is 1.60. The minimum absolute atomic E-state index is 0.183. The fourth-order valence-electron chi connectivity index (χ4n) is 2.07. The van der Waals surface area contributed by atoms with E-state index in [0.29, 0.717) is 4.90 Å². The van der Waals surface area contributed by atoms with Crippen molar-refractivity contribution in [3.63, 3.8) is 0 Å². The van der Waals surface area contributed by atoms with Crippen molar-refractivity contribution < 1.29 is 16.8 Å². The minimum Gasteiger partial charge on any atom is -0.213 e. The molecule has 6 nitrogen and oxygen atoms in total. The summed E-state index contributed by atoms with van der Waals surface area (Å²) in [6.07, 6.45) is 1.14. The molecule has 2 rings (SSSR count). The van der Waals surface area contributed by atoms with E-state index < -0.39 is 20.0 Å². The monoisotopic (exact) mass is 402 g/mol. The van der Waals surface area contributed by atoms with Crippen molar-refractivity contribution in [1.82, 2.24) is 8.61 Å². The smallest absolute Gasteiger partial charge is 0.213 e. The van der Waals surface area contributed by atoms with E-state index in [1.165, 1.54) is 19.9 Å². The van der Waals surface area contributed by atoms with Crippen LogP contribution < -0.4 is 0 Å². The van der Waals surface area contributed by atoms with Gasteiger partial charge >= 0.3 is 0 Å². The molecule has 0 amide bonds. The van der Waals surface area contributed by atoms with Gasteiger partial charge in [-0.25, -0.2) is 16.8 Å². The maximum absolute atomic E-state index is 12.5. The van der Waals surface area contributed by atoms with Crippen molar-refractivity contribution >= 4 is 47.3 Å². The van der Waals surface area contributed by atoms with Gasteiger partial charge in [-0.3, -0.25) is 0 Å². The fourth-order valence-corrected chi connectivity index (χ4v) is 6.70. The van der Waals surface area contributed by atoms with Crippen LogP contribution in [-0.2, 0) is 20.0 Å². The average Bonchev–Trinajstić information content (AvgIpc) is 2.68. The Bertz CT molecular complexity index is 703. The first-order valence-corrected chi connectivity index (χ1v) is 10.7. The Kier molecular flexibility index (Phi) is 4.63. The lowest BCUT2D eigenvalue weighted by molar-refractivity contribution is 0.274. The van der Waals surface area contributed by atoms with E-state index in [9.17, 15) is 16.8 Å². The summed E-state index contributed by atoms with van der Waals surface area (Å²) in [5.74, 6) is 0. The fraction of sp³-hybridized carbons (Fsp3) is 0.600. The number of piperazine rings is 1. The van der Waals surface area contributed by atoms with Crippen molar-refractivity contribution in [2.75, 3.05) is 32.4 Å². The number of sulfonamides is 2. The third-order valence-electron chi connectivity index (χ3n) is 3.13. The van der Waals surface area contributed by atoms with Gasteiger partial charge in [0.2, 0.25) is 20.0 Å². The molecule has 0 unspecified atom stereocenters. The van der Waals surface area contributed by atoms with E-state index in [4.69, 9.17) is 0 Å². The Labute approximate surface area is 131 Å². The predicted octanol–water partition coefficient (Wildman–Crippen LogP) is 1.08. The molecule has 0 aliphatic carbocycles. The highest BCUT2D eigenvalue weighted by molar-refractivity contribution is 9.11. The van der Waals surface area contributed by atoms with Gasteiger partial charge in [-0.1, -0.05) is 0 Å². The summed E-state index contributed by atoms with van der Waals surface area (Å²) < 4.78 is 51.3. The standard InChI is InChI=1S/C10H15BrN2O4S3/c1-8-9(7-10(11)18-8)20(16,17)13-5-3-12(4-6-13)19(2,14)15/h7H,3-6H2,1-2H3. The number of thiophene rings is 1. The van der Waals surface area contributed by atoms with Crippen LogP contribution >= 0.6 is 27.3 Å². The van der Waals surface area contributed by atoms with E-state index in [1.54, 1.807) is 13.0 Å². The van der Waals surface area contributed by atoms with Gasteiger partial charge in [0.25, 0.3) is 0 Å². The molecule has 2 heterocycles. The van der Waals surface area contributed by atoms with E-state index in [-0.39, 0.29) is 26.2 Å². The normalized spacial score (nSPS) is 19.4. The molecule has 1 fully saturated rings. The lowest BCUT2D eigenvalue weighted by Crippen LogP contribution is -2.50. The van der Waals surface area contributed by atoms with Gasteiger partial charge < -0.3 is 0 Å². The predicted molar refractivity (Wildman–Crippen MR) is 81.9 cm³/mol. The number of nitrogens with zero attached hydrogens (tertiary/aromatic N) is 2. The van der Waals surface area contributed by atoms with Crippen LogP contribution in [0.4, 0.5) is 0 Å². The molecule has 1 aliphatic rings. The Hall–Kier alpha value is -0.000000000000000167. The van der Waals surface area contributed by atoms with E-state index in [1.807, 2.05) is 0 Å². The maximum atomic E-state index is 12.5. The zero-order valence-corrected chi connectivity index (χ0v) is 15.1. The number of hydrogen-bond donors (Lipinski definition) is 0. The molecule has 0 bridgehead atoms. The van der Waals surface area contributed by atoms with Gasteiger partial charge in [-0.15, -0.1) is 11.3 Å². The molecule has 114 valence electrons. The lowest BCUT2D eigenvalue weighted by atomic mass is 10.4. The average molecular weight is 403 g/mol. The number of hydrogen-bond acceptors (Lipinski definition) is 5. The van der Waals surface area contributed by atoms with Gasteiger partial charge in [0.1, 0.15) is 0 Å². The van der Waals surface area contributed by atoms with Gasteiger partial charge in [-0.2, -0.15) is 8.61 Å². The molecule has 0 radical (unpaired) electrons. The molecule has 1 aliphatic heterocycles. The van der Waals surface area contributed by atoms with Crippen LogP contribution in [0.15, 0.2) is 14.7 Å². The quantitative estimate of drug-likeness (QED) is 0.757. The molecule has 0 aromatic carbocycles. The summed E-state index contributed by atoms with van der Waals surface area (Å²) in [5, 5.41) is 0. The first-order valence-electron chi connectivity index (χ1n) is 5.83. The first-order chi connectivity index (χ1) is 9.12. The second-order valence-electron chi connectivity index (χ2n) is 4.54. The molecule has 0 N–H and O–H groups in total. The van der Waals surface area contributed by atoms with Crippen molar-refractivity contribution in [1.29, 1.82) is 0 Å². The van der Waals surface area contributed by atoms with Gasteiger partial charge in [0, 0.05) is 31.1 Å². The number of halogens is 1. The molecule has 1 aromatic heterocycles. The summed E-state index contributed by atoms with van der Waals surface area (Å²) in [7, 11) is -6.81. The first kappa shape index (κ1) is 16.4. The molecule has 0 atom stereocenters. The summed E-state index contributed by atoms with van der Waals surface area (Å²) in [5.41, 5.74) is 0. The molecular weight excluding hydrogens is 388 g/mol. The topological polar surface area (TPSA) is 74.8 Å². The second kappa shape index (κ2) is 5.65. The van der Waals surface area contributed by atoms with Gasteiger partial charge in [0.15, 0.2) is 0 Å². The van der Waals surface area contributed by atoms with E-state index in [0.717, 1.165) is 14.9 Å². The van der Waals surface area contributed by atoms with Crippen molar-refractivity contribution in [3.05, 3.63) is 14.7 Å². The van der Waals surface area contributed by atoms with Crippen LogP contribution in [0, 0.1) is 6.92 Å². The van der Waals surface area contributed by atoms with Crippen LogP contribution in [0.1, 0.15) is 4.88 Å². The summed E-state index contributed by atoms with van der Waals surface area (Å²) in [6.45, 7) is 2.52. The van der Waals surface area contributed by atoms with E-state index in [2.05, 4.69) is 15.9 Å². The Morgan fingerprint density at radius 1 is 1.10 bits per heavy atom. The Morgan fingerprint density at radius 2 is 1.60 bits per heavy atom. The summed E-state index contributed by atoms with van der Waals surface area (Å²) in [4.78, 5) is 1.02. The van der Waals surface area contributed by atoms with Crippen LogP contribution in [0.5, 0.6) is 0 Å². The summed E-state index contributed by atoms with van der Waals surface area (Å²) >= 11 is 4.65. The lowest BCUT2D eigenvalue weighted by Gasteiger charge is -2.32. The molecule has 10 heteroatoms. The highest BCUT2D eigenvalue weighted by Gasteiger charge is 2.32. The van der Waals surface area contributed by atoms with Crippen LogP contribution in [0.25, 0.3) is 0 Å². The zero-order valence-electron chi connectivity index (χ0n) is 11.0. The van der Waals surface area contributed by atoms with Crippen LogP contribution in [0.2, 0.25) is 0 Å². The SMILES string of the molecule is Cc1sc(Br)cc1S(=O)(=O)N1CCN(S(C)(=O)=O)CC1. The Balaban J connectivity index is 2.20. The largest absolute Gasteiger partial charge is 0.244 e.